The van der Waals surface area contributed by atoms with Crippen LogP contribution in [0.2, 0.25) is 0 Å². The van der Waals surface area contributed by atoms with Crippen LogP contribution in [0, 0.1) is 22.9 Å². The quantitative estimate of drug-likeness (QED) is 0.530. The summed E-state index contributed by atoms with van der Waals surface area (Å²) in [5.41, 5.74) is 1.84. The second-order valence-corrected chi connectivity index (χ2v) is 4.45. The number of nitro groups is 1. The lowest BCUT2D eigenvalue weighted by atomic mass is 10.1. The molecule has 5 nitrogen and oxygen atoms in total. The molecule has 0 spiro atoms. The van der Waals surface area contributed by atoms with Crippen molar-refractivity contribution in [3.05, 3.63) is 64.2 Å². The molecular formula is C14H10FN3O2. The van der Waals surface area contributed by atoms with Crippen LogP contribution >= 0.6 is 0 Å². The summed E-state index contributed by atoms with van der Waals surface area (Å²) in [5, 5.41) is 11.1. The van der Waals surface area contributed by atoms with Crippen molar-refractivity contribution in [1.82, 2.24) is 9.55 Å². The fourth-order valence-corrected chi connectivity index (χ4v) is 2.15. The topological polar surface area (TPSA) is 61.0 Å². The highest BCUT2D eigenvalue weighted by atomic mass is 19.1. The van der Waals surface area contributed by atoms with Crippen molar-refractivity contribution in [2.75, 3.05) is 0 Å². The normalized spacial score (nSPS) is 10.9. The Morgan fingerprint density at radius 2 is 2.05 bits per heavy atom. The van der Waals surface area contributed by atoms with Crippen molar-refractivity contribution < 1.29 is 9.31 Å². The molecule has 6 heteroatoms. The Morgan fingerprint density at radius 1 is 1.30 bits per heavy atom. The van der Waals surface area contributed by atoms with Crippen molar-refractivity contribution in [2.45, 2.75) is 6.92 Å². The van der Waals surface area contributed by atoms with E-state index in [0.29, 0.717) is 11.3 Å². The van der Waals surface area contributed by atoms with Crippen molar-refractivity contribution in [1.29, 1.82) is 0 Å². The second kappa shape index (κ2) is 4.41. The highest BCUT2D eigenvalue weighted by Crippen LogP contribution is 2.28. The van der Waals surface area contributed by atoms with Crippen molar-refractivity contribution >= 4 is 16.7 Å². The average molecular weight is 271 g/mol. The van der Waals surface area contributed by atoms with Gasteiger partial charge in [-0.25, -0.2) is 9.37 Å². The number of aromatic nitrogens is 2. The number of hydrogen-bond acceptors (Lipinski definition) is 3. The maximum absolute atomic E-state index is 13.5. The van der Waals surface area contributed by atoms with E-state index >= 15 is 0 Å². The molecule has 1 heterocycles. The molecule has 2 aromatic carbocycles. The number of fused-ring (bicyclic) bond motifs is 1. The van der Waals surface area contributed by atoms with Crippen LogP contribution in [0.4, 0.5) is 10.1 Å². The molecule has 0 fully saturated rings. The zero-order valence-corrected chi connectivity index (χ0v) is 10.6. The predicted molar refractivity (Wildman–Crippen MR) is 72.4 cm³/mol. The molecule has 0 atom stereocenters. The van der Waals surface area contributed by atoms with Crippen LogP contribution in [0.5, 0.6) is 0 Å². The summed E-state index contributed by atoms with van der Waals surface area (Å²) in [6.45, 7) is 1.57. The standard InChI is InChI=1S/C14H10FN3O2/c1-9-6-13(14(18(19)20)7-10(9)15)17-8-16-11-4-2-3-5-12(11)17/h2-8H,1H3. The fourth-order valence-electron chi connectivity index (χ4n) is 2.15. The first-order chi connectivity index (χ1) is 9.58. The van der Waals surface area contributed by atoms with E-state index in [4.69, 9.17) is 0 Å². The predicted octanol–water partition coefficient (Wildman–Crippen LogP) is 3.38. The van der Waals surface area contributed by atoms with Gasteiger partial charge in [0.2, 0.25) is 0 Å². The Kier molecular flexibility index (Phi) is 2.71. The second-order valence-electron chi connectivity index (χ2n) is 4.45. The molecule has 0 radical (unpaired) electrons. The van der Waals surface area contributed by atoms with Crippen LogP contribution < -0.4 is 0 Å². The molecule has 0 N–H and O–H groups in total. The van der Waals surface area contributed by atoms with Gasteiger partial charge in [-0.05, 0) is 30.7 Å². The van der Waals surface area contributed by atoms with E-state index in [2.05, 4.69) is 4.98 Å². The maximum atomic E-state index is 13.5. The number of imidazole rings is 1. The van der Waals surface area contributed by atoms with Crippen LogP contribution in [0.1, 0.15) is 5.56 Å². The number of benzene rings is 2. The van der Waals surface area contributed by atoms with E-state index in [9.17, 15) is 14.5 Å². The molecule has 0 bridgehead atoms. The Morgan fingerprint density at radius 3 is 2.80 bits per heavy atom. The third kappa shape index (κ3) is 1.82. The molecule has 100 valence electrons. The van der Waals surface area contributed by atoms with E-state index < -0.39 is 10.7 Å². The summed E-state index contributed by atoms with van der Waals surface area (Å²) in [5.74, 6) is -0.593. The monoisotopic (exact) mass is 271 g/mol. The minimum atomic E-state index is -0.593. The number of nitrogens with zero attached hydrogens (tertiary/aromatic N) is 3. The highest BCUT2D eigenvalue weighted by Gasteiger charge is 2.19. The minimum absolute atomic E-state index is 0.281. The zero-order valence-electron chi connectivity index (χ0n) is 10.6. The maximum Gasteiger partial charge on any atom is 0.296 e. The van der Waals surface area contributed by atoms with Crippen molar-refractivity contribution in [2.24, 2.45) is 0 Å². The third-order valence-electron chi connectivity index (χ3n) is 3.17. The lowest BCUT2D eigenvalue weighted by molar-refractivity contribution is -0.384. The van der Waals surface area contributed by atoms with Gasteiger partial charge in [0.25, 0.3) is 5.69 Å². The van der Waals surface area contributed by atoms with E-state index in [1.54, 1.807) is 11.5 Å². The van der Waals surface area contributed by atoms with E-state index in [-0.39, 0.29) is 5.69 Å². The smallest absolute Gasteiger partial charge is 0.293 e. The van der Waals surface area contributed by atoms with E-state index in [1.165, 1.54) is 12.4 Å². The van der Waals surface area contributed by atoms with Gasteiger partial charge in [0.05, 0.1) is 22.0 Å². The average Bonchev–Trinajstić information content (AvgIpc) is 2.85. The largest absolute Gasteiger partial charge is 0.296 e. The summed E-state index contributed by atoms with van der Waals surface area (Å²) >= 11 is 0. The molecule has 3 aromatic rings. The Bertz CT molecular complexity index is 826. The van der Waals surface area contributed by atoms with Gasteiger partial charge < -0.3 is 0 Å². The molecule has 0 saturated heterocycles. The van der Waals surface area contributed by atoms with Crippen LogP contribution in [0.3, 0.4) is 0 Å². The first-order valence-electron chi connectivity index (χ1n) is 5.95. The molecular weight excluding hydrogens is 261 g/mol. The molecule has 20 heavy (non-hydrogen) atoms. The minimum Gasteiger partial charge on any atom is -0.293 e. The highest BCUT2D eigenvalue weighted by molar-refractivity contribution is 5.78. The number of nitro benzene ring substituents is 1. The van der Waals surface area contributed by atoms with E-state index in [1.807, 2.05) is 24.3 Å². The third-order valence-corrected chi connectivity index (χ3v) is 3.17. The molecule has 0 aliphatic heterocycles. The Balaban J connectivity index is 2.34. The van der Waals surface area contributed by atoms with Gasteiger partial charge in [0.15, 0.2) is 0 Å². The SMILES string of the molecule is Cc1cc(-n2cnc3ccccc32)c([N+](=O)[O-])cc1F. The Hall–Kier alpha value is -2.76. The van der Waals surface area contributed by atoms with Crippen LogP contribution in [0.15, 0.2) is 42.7 Å². The first kappa shape index (κ1) is 12.3. The molecule has 0 aliphatic carbocycles. The molecule has 3 rings (SSSR count). The van der Waals surface area contributed by atoms with Crippen molar-refractivity contribution in [3.63, 3.8) is 0 Å². The summed E-state index contributed by atoms with van der Waals surface area (Å²) in [7, 11) is 0. The van der Waals surface area contributed by atoms with Crippen molar-refractivity contribution in [3.8, 4) is 5.69 Å². The lowest BCUT2D eigenvalue weighted by Crippen LogP contribution is -2.01. The number of rotatable bonds is 2. The molecule has 1 aromatic heterocycles. The summed E-state index contributed by atoms with van der Waals surface area (Å²) < 4.78 is 15.1. The number of hydrogen-bond donors (Lipinski definition) is 0. The number of aryl methyl sites for hydroxylation is 1. The summed E-state index contributed by atoms with van der Waals surface area (Å²) in [6.07, 6.45) is 1.50. The molecule has 0 unspecified atom stereocenters. The Labute approximate surface area is 113 Å². The summed E-state index contributed by atoms with van der Waals surface area (Å²) in [6, 6.07) is 9.69. The van der Waals surface area contributed by atoms with Crippen LogP contribution in [0.25, 0.3) is 16.7 Å². The number of para-hydroxylation sites is 2. The van der Waals surface area contributed by atoms with Gasteiger partial charge in [-0.15, -0.1) is 0 Å². The fraction of sp³-hybridized carbons (Fsp3) is 0.0714. The molecule has 0 aliphatic rings. The first-order valence-corrected chi connectivity index (χ1v) is 5.95. The van der Waals surface area contributed by atoms with E-state index in [0.717, 1.165) is 17.1 Å². The molecule has 0 saturated carbocycles. The van der Waals surface area contributed by atoms with Gasteiger partial charge in [-0.3, -0.25) is 14.7 Å². The van der Waals surface area contributed by atoms with Gasteiger partial charge >= 0.3 is 0 Å². The van der Waals surface area contributed by atoms with Gasteiger partial charge in [-0.1, -0.05) is 12.1 Å². The van der Waals surface area contributed by atoms with Gasteiger partial charge in [0.1, 0.15) is 17.8 Å². The van der Waals surface area contributed by atoms with Crippen LogP contribution in [-0.2, 0) is 0 Å². The van der Waals surface area contributed by atoms with Gasteiger partial charge in [-0.2, -0.15) is 0 Å². The lowest BCUT2D eigenvalue weighted by Gasteiger charge is -2.07. The van der Waals surface area contributed by atoms with Gasteiger partial charge in [0, 0.05) is 0 Å². The summed E-state index contributed by atoms with van der Waals surface area (Å²) in [4.78, 5) is 14.7. The number of halogens is 1. The molecule has 0 amide bonds. The zero-order chi connectivity index (χ0) is 14.3. The van der Waals surface area contributed by atoms with Crippen LogP contribution in [-0.4, -0.2) is 14.5 Å².